The molecular weight excluding hydrogens is 290 g/mol. The van der Waals surface area contributed by atoms with Crippen molar-refractivity contribution in [3.05, 3.63) is 29.3 Å². The van der Waals surface area contributed by atoms with Gasteiger partial charge in [0.2, 0.25) is 5.91 Å². The third-order valence-electron chi connectivity index (χ3n) is 3.25. The van der Waals surface area contributed by atoms with E-state index in [1.807, 2.05) is 26.8 Å². The summed E-state index contributed by atoms with van der Waals surface area (Å²) in [6.45, 7) is 6.18. The second-order valence-electron chi connectivity index (χ2n) is 6.13. The molecule has 0 aromatic heterocycles. The zero-order chi connectivity index (χ0) is 15.6. The standard InChI is InChI=1S/C16H20ClNO3/c1-16(2,3)21-15(20)12-6-7-13-11(9-12)5-4-8-18(13)14(19)10-17/h6-7,9H,4-5,8,10H2,1-3H3. The zero-order valence-electron chi connectivity index (χ0n) is 12.6. The van der Waals surface area contributed by atoms with Gasteiger partial charge < -0.3 is 9.64 Å². The van der Waals surface area contributed by atoms with E-state index >= 15 is 0 Å². The van der Waals surface area contributed by atoms with E-state index < -0.39 is 5.60 Å². The fraction of sp³-hybridized carbons (Fsp3) is 0.500. The summed E-state index contributed by atoms with van der Waals surface area (Å²) in [7, 11) is 0. The maximum absolute atomic E-state index is 12.1. The number of carbonyl (C=O) groups excluding carboxylic acids is 2. The van der Waals surface area contributed by atoms with Gasteiger partial charge >= 0.3 is 5.97 Å². The summed E-state index contributed by atoms with van der Waals surface area (Å²) in [6, 6.07) is 5.32. The molecule has 114 valence electrons. The van der Waals surface area contributed by atoms with Crippen molar-refractivity contribution in [1.82, 2.24) is 0 Å². The maximum atomic E-state index is 12.1. The first-order valence-corrected chi connectivity index (χ1v) is 7.58. The SMILES string of the molecule is CC(C)(C)OC(=O)c1ccc2c(c1)CCCN2C(=O)CCl. The van der Waals surface area contributed by atoms with Crippen LogP contribution in [0.1, 0.15) is 43.1 Å². The average Bonchev–Trinajstić information content (AvgIpc) is 2.43. The number of hydrogen-bond acceptors (Lipinski definition) is 3. The molecule has 0 unspecified atom stereocenters. The van der Waals surface area contributed by atoms with Crippen LogP contribution in [0.5, 0.6) is 0 Å². The number of aryl methyl sites for hydroxylation is 1. The number of halogens is 1. The Balaban J connectivity index is 2.27. The number of anilines is 1. The summed E-state index contributed by atoms with van der Waals surface area (Å²) in [5.74, 6) is -0.485. The Morgan fingerprint density at radius 3 is 2.67 bits per heavy atom. The van der Waals surface area contributed by atoms with Crippen LogP contribution in [0.2, 0.25) is 0 Å². The minimum Gasteiger partial charge on any atom is -0.456 e. The van der Waals surface area contributed by atoms with Gasteiger partial charge in [0.15, 0.2) is 0 Å². The fourth-order valence-electron chi connectivity index (χ4n) is 2.39. The molecule has 0 saturated heterocycles. The van der Waals surface area contributed by atoms with Gasteiger partial charge in [0.1, 0.15) is 11.5 Å². The van der Waals surface area contributed by atoms with E-state index in [0.717, 1.165) is 24.1 Å². The highest BCUT2D eigenvalue weighted by Crippen LogP contribution is 2.29. The molecule has 5 heteroatoms. The van der Waals surface area contributed by atoms with E-state index in [1.165, 1.54) is 0 Å². The predicted octanol–water partition coefficient (Wildman–Crippen LogP) is 3.16. The first-order chi connectivity index (χ1) is 9.81. The third-order valence-corrected chi connectivity index (χ3v) is 3.48. The van der Waals surface area contributed by atoms with Crippen LogP contribution < -0.4 is 4.90 Å². The van der Waals surface area contributed by atoms with Crippen LogP contribution in [0.3, 0.4) is 0 Å². The van der Waals surface area contributed by atoms with Crippen LogP contribution in [0, 0.1) is 0 Å². The number of carbonyl (C=O) groups is 2. The Labute approximate surface area is 130 Å². The second kappa shape index (κ2) is 6.06. The smallest absolute Gasteiger partial charge is 0.338 e. The number of fused-ring (bicyclic) bond motifs is 1. The molecule has 1 heterocycles. The summed E-state index contributed by atoms with van der Waals surface area (Å²) in [5, 5.41) is 0. The molecule has 0 N–H and O–H groups in total. The molecule has 1 aromatic carbocycles. The normalized spacial score (nSPS) is 14.6. The van der Waals surface area contributed by atoms with Gasteiger partial charge in [-0.1, -0.05) is 0 Å². The summed E-state index contributed by atoms with van der Waals surface area (Å²) in [6.07, 6.45) is 1.71. The highest BCUT2D eigenvalue weighted by Gasteiger charge is 2.24. The van der Waals surface area contributed by atoms with Gasteiger partial charge in [-0.15, -0.1) is 11.6 Å². The van der Waals surface area contributed by atoms with E-state index in [1.54, 1.807) is 17.0 Å². The number of rotatable bonds is 2. The number of amides is 1. The Morgan fingerprint density at radius 2 is 2.05 bits per heavy atom. The molecule has 2 rings (SSSR count). The van der Waals surface area contributed by atoms with Crippen molar-refractivity contribution in [3.63, 3.8) is 0 Å². The first-order valence-electron chi connectivity index (χ1n) is 7.04. The van der Waals surface area contributed by atoms with Crippen LogP contribution in [-0.2, 0) is 16.0 Å². The van der Waals surface area contributed by atoms with Gasteiger partial charge in [-0.25, -0.2) is 4.79 Å². The molecule has 1 amide bonds. The largest absolute Gasteiger partial charge is 0.456 e. The maximum Gasteiger partial charge on any atom is 0.338 e. The molecule has 0 saturated carbocycles. The fourth-order valence-corrected chi connectivity index (χ4v) is 2.54. The van der Waals surface area contributed by atoms with Gasteiger partial charge in [0.25, 0.3) is 0 Å². The molecule has 1 aromatic rings. The number of nitrogens with zero attached hydrogens (tertiary/aromatic N) is 1. The predicted molar refractivity (Wildman–Crippen MR) is 83.0 cm³/mol. The van der Waals surface area contributed by atoms with Crippen molar-refractivity contribution in [3.8, 4) is 0 Å². The molecular formula is C16H20ClNO3. The molecule has 21 heavy (non-hydrogen) atoms. The number of hydrogen-bond donors (Lipinski definition) is 0. The van der Waals surface area contributed by atoms with Crippen molar-refractivity contribution < 1.29 is 14.3 Å². The molecule has 0 bridgehead atoms. The molecule has 1 aliphatic heterocycles. The highest BCUT2D eigenvalue weighted by molar-refractivity contribution is 6.29. The zero-order valence-corrected chi connectivity index (χ0v) is 13.4. The molecule has 0 spiro atoms. The lowest BCUT2D eigenvalue weighted by molar-refractivity contribution is -0.116. The lowest BCUT2D eigenvalue weighted by Crippen LogP contribution is -2.36. The van der Waals surface area contributed by atoms with E-state index in [0.29, 0.717) is 12.1 Å². The lowest BCUT2D eigenvalue weighted by Gasteiger charge is -2.29. The minimum absolute atomic E-state index is 0.0345. The van der Waals surface area contributed by atoms with E-state index in [-0.39, 0.29) is 17.8 Å². The van der Waals surface area contributed by atoms with Crippen LogP contribution in [0.4, 0.5) is 5.69 Å². The highest BCUT2D eigenvalue weighted by atomic mass is 35.5. The van der Waals surface area contributed by atoms with Crippen molar-refractivity contribution in [2.45, 2.75) is 39.2 Å². The summed E-state index contributed by atoms with van der Waals surface area (Å²) in [5.41, 5.74) is 1.83. The van der Waals surface area contributed by atoms with Crippen molar-refractivity contribution >= 4 is 29.2 Å². The quantitative estimate of drug-likeness (QED) is 0.623. The molecule has 0 aliphatic carbocycles. The van der Waals surface area contributed by atoms with Crippen LogP contribution >= 0.6 is 11.6 Å². The molecule has 0 fully saturated rings. The number of ether oxygens (including phenoxy) is 1. The molecule has 0 atom stereocenters. The van der Waals surface area contributed by atoms with Gasteiger partial charge in [-0.2, -0.15) is 0 Å². The molecule has 4 nitrogen and oxygen atoms in total. The van der Waals surface area contributed by atoms with Crippen molar-refractivity contribution in [1.29, 1.82) is 0 Å². The average molecular weight is 310 g/mol. The first kappa shape index (κ1) is 15.8. The van der Waals surface area contributed by atoms with Gasteiger partial charge in [-0.3, -0.25) is 4.79 Å². The number of benzene rings is 1. The Kier molecular flexibility index (Phi) is 4.57. The summed E-state index contributed by atoms with van der Waals surface area (Å²) < 4.78 is 5.37. The Morgan fingerprint density at radius 1 is 1.33 bits per heavy atom. The topological polar surface area (TPSA) is 46.6 Å². The van der Waals surface area contributed by atoms with Crippen molar-refractivity contribution in [2.24, 2.45) is 0 Å². The van der Waals surface area contributed by atoms with E-state index in [2.05, 4.69) is 0 Å². The van der Waals surface area contributed by atoms with E-state index in [4.69, 9.17) is 16.3 Å². The van der Waals surface area contributed by atoms with Gasteiger partial charge in [0.05, 0.1) is 5.56 Å². The van der Waals surface area contributed by atoms with Gasteiger partial charge in [0, 0.05) is 12.2 Å². The third kappa shape index (κ3) is 3.76. The van der Waals surface area contributed by atoms with Crippen LogP contribution in [0.15, 0.2) is 18.2 Å². The summed E-state index contributed by atoms with van der Waals surface area (Å²) in [4.78, 5) is 25.6. The number of alkyl halides is 1. The monoisotopic (exact) mass is 309 g/mol. The summed E-state index contributed by atoms with van der Waals surface area (Å²) >= 11 is 5.64. The van der Waals surface area contributed by atoms with Crippen molar-refractivity contribution in [2.75, 3.05) is 17.3 Å². The Bertz CT molecular complexity index is 563. The van der Waals surface area contributed by atoms with E-state index in [9.17, 15) is 9.59 Å². The van der Waals surface area contributed by atoms with Crippen LogP contribution in [0.25, 0.3) is 0 Å². The molecule has 0 radical (unpaired) electrons. The Hall–Kier alpha value is -1.55. The van der Waals surface area contributed by atoms with Gasteiger partial charge in [-0.05, 0) is 57.4 Å². The lowest BCUT2D eigenvalue weighted by atomic mass is 9.99. The number of esters is 1. The minimum atomic E-state index is -0.520. The second-order valence-corrected chi connectivity index (χ2v) is 6.40. The van der Waals surface area contributed by atoms with Crippen LogP contribution in [-0.4, -0.2) is 29.9 Å². The molecule has 1 aliphatic rings.